The van der Waals surface area contributed by atoms with E-state index in [0.29, 0.717) is 11.3 Å². The molecule has 4 nitrogen and oxygen atoms in total. The average molecular weight is 471 g/mol. The number of alkyl halides is 3. The van der Waals surface area contributed by atoms with Gasteiger partial charge in [0, 0.05) is 22.5 Å². The summed E-state index contributed by atoms with van der Waals surface area (Å²) in [5, 5.41) is 2.36. The molecule has 0 aromatic heterocycles. The number of carbonyl (C=O) groups excluding carboxylic acids is 2. The molecule has 0 aliphatic carbocycles. The Bertz CT molecular complexity index is 1230. The molecule has 1 atom stereocenters. The van der Waals surface area contributed by atoms with Gasteiger partial charge in [-0.05, 0) is 49.7 Å². The number of para-hydroxylation sites is 1. The number of hydrogen-bond acceptors (Lipinski definition) is 3. The molecule has 1 unspecified atom stereocenters. The van der Waals surface area contributed by atoms with Crippen molar-refractivity contribution < 1.29 is 22.8 Å². The number of benzene rings is 3. The number of thioether (sulfide) groups is 1. The first-order chi connectivity index (χ1) is 15.6. The molecular formula is C25H21F3N2O2S. The first-order valence-electron chi connectivity index (χ1n) is 10.2. The SMILES string of the molecule is Cc1ccc(N2C(=O)CSC2c2ccccc2NC(=O)c2cccc(C(F)(F)F)c2)c(C)c1. The molecule has 3 aromatic rings. The van der Waals surface area contributed by atoms with E-state index in [1.165, 1.54) is 23.9 Å². The summed E-state index contributed by atoms with van der Waals surface area (Å²) >= 11 is 1.44. The molecule has 1 aliphatic rings. The maximum absolute atomic E-state index is 13.1. The standard InChI is InChI=1S/C25H21F3N2O2S/c1-15-10-11-21(16(2)12-15)30-22(31)14-33-24(30)19-8-3-4-9-20(19)29-23(32)17-6-5-7-18(13-17)25(26,27)28/h3-13,24H,14H2,1-2H3,(H,29,32). The van der Waals surface area contributed by atoms with E-state index in [1.54, 1.807) is 23.1 Å². The van der Waals surface area contributed by atoms with E-state index in [2.05, 4.69) is 5.32 Å². The number of hydrogen-bond donors (Lipinski definition) is 1. The third-order valence-corrected chi connectivity index (χ3v) is 6.60. The van der Waals surface area contributed by atoms with Gasteiger partial charge in [0.1, 0.15) is 5.37 Å². The van der Waals surface area contributed by atoms with Crippen LogP contribution in [0.25, 0.3) is 0 Å². The molecule has 1 heterocycles. The van der Waals surface area contributed by atoms with Crippen LogP contribution in [0.2, 0.25) is 0 Å². The van der Waals surface area contributed by atoms with Gasteiger partial charge in [-0.3, -0.25) is 14.5 Å². The Balaban J connectivity index is 1.66. The average Bonchev–Trinajstić information content (AvgIpc) is 3.14. The van der Waals surface area contributed by atoms with Crippen LogP contribution in [-0.4, -0.2) is 17.6 Å². The Morgan fingerprint density at radius 2 is 1.79 bits per heavy atom. The summed E-state index contributed by atoms with van der Waals surface area (Å²) in [6.07, 6.45) is -4.54. The minimum atomic E-state index is -4.54. The summed E-state index contributed by atoms with van der Waals surface area (Å²) in [6.45, 7) is 3.92. The topological polar surface area (TPSA) is 49.4 Å². The van der Waals surface area contributed by atoms with Gasteiger partial charge in [0.05, 0.1) is 11.3 Å². The Morgan fingerprint density at radius 3 is 2.52 bits per heavy atom. The fourth-order valence-corrected chi connectivity index (χ4v) is 5.05. The van der Waals surface area contributed by atoms with Crippen LogP contribution in [0.1, 0.15) is 38.0 Å². The zero-order chi connectivity index (χ0) is 23.8. The zero-order valence-electron chi connectivity index (χ0n) is 17.9. The van der Waals surface area contributed by atoms with Crippen molar-refractivity contribution in [1.29, 1.82) is 0 Å². The van der Waals surface area contributed by atoms with Gasteiger partial charge in [0.15, 0.2) is 0 Å². The monoisotopic (exact) mass is 470 g/mol. The highest BCUT2D eigenvalue weighted by molar-refractivity contribution is 8.00. The van der Waals surface area contributed by atoms with Crippen LogP contribution in [0.5, 0.6) is 0 Å². The van der Waals surface area contributed by atoms with Crippen LogP contribution in [0.4, 0.5) is 24.5 Å². The van der Waals surface area contributed by atoms with Gasteiger partial charge < -0.3 is 5.32 Å². The maximum Gasteiger partial charge on any atom is 0.416 e. The summed E-state index contributed by atoms with van der Waals surface area (Å²) in [5.41, 5.74) is 3.00. The minimum absolute atomic E-state index is 0.0454. The second-order valence-corrected chi connectivity index (χ2v) is 8.91. The number of aryl methyl sites for hydroxylation is 2. The van der Waals surface area contributed by atoms with Crippen molar-refractivity contribution in [1.82, 2.24) is 0 Å². The lowest BCUT2D eigenvalue weighted by Crippen LogP contribution is -2.29. The first kappa shape index (κ1) is 22.9. The lowest BCUT2D eigenvalue weighted by Gasteiger charge is -2.27. The Labute approximate surface area is 193 Å². The van der Waals surface area contributed by atoms with Crippen molar-refractivity contribution in [2.45, 2.75) is 25.4 Å². The number of nitrogens with one attached hydrogen (secondary N) is 1. The minimum Gasteiger partial charge on any atom is -0.322 e. The third-order valence-electron chi connectivity index (χ3n) is 5.41. The normalized spacial score (nSPS) is 16.2. The number of carbonyl (C=O) groups is 2. The largest absolute Gasteiger partial charge is 0.416 e. The van der Waals surface area contributed by atoms with E-state index in [1.807, 2.05) is 38.1 Å². The molecule has 4 rings (SSSR count). The second kappa shape index (κ2) is 8.94. The molecule has 33 heavy (non-hydrogen) atoms. The second-order valence-electron chi connectivity index (χ2n) is 7.84. The summed E-state index contributed by atoms with van der Waals surface area (Å²) < 4.78 is 39.2. The third kappa shape index (κ3) is 4.75. The van der Waals surface area contributed by atoms with Crippen LogP contribution in [0.3, 0.4) is 0 Å². The molecule has 2 amide bonds. The predicted molar refractivity (Wildman–Crippen MR) is 124 cm³/mol. The Hall–Kier alpha value is -3.26. The smallest absolute Gasteiger partial charge is 0.322 e. The molecule has 0 saturated carbocycles. The summed E-state index contributed by atoms with van der Waals surface area (Å²) in [6, 6.07) is 17.2. The lowest BCUT2D eigenvalue weighted by atomic mass is 10.1. The molecule has 1 aliphatic heterocycles. The van der Waals surface area contributed by atoms with Crippen LogP contribution >= 0.6 is 11.8 Å². The van der Waals surface area contributed by atoms with Gasteiger partial charge in [-0.25, -0.2) is 0 Å². The van der Waals surface area contributed by atoms with E-state index >= 15 is 0 Å². The highest BCUT2D eigenvalue weighted by Gasteiger charge is 2.36. The van der Waals surface area contributed by atoms with Gasteiger partial charge in [-0.1, -0.05) is 42.0 Å². The van der Waals surface area contributed by atoms with Gasteiger partial charge in [0.25, 0.3) is 5.91 Å². The molecule has 1 saturated heterocycles. The summed E-state index contributed by atoms with van der Waals surface area (Å²) in [5.74, 6) is -0.412. The Kier molecular flexibility index (Phi) is 6.21. The van der Waals surface area contributed by atoms with Crippen LogP contribution in [0, 0.1) is 13.8 Å². The number of halogens is 3. The number of rotatable bonds is 4. The van der Waals surface area contributed by atoms with Crippen molar-refractivity contribution >= 4 is 35.0 Å². The van der Waals surface area contributed by atoms with Crippen LogP contribution in [-0.2, 0) is 11.0 Å². The van der Waals surface area contributed by atoms with E-state index in [-0.39, 0.29) is 22.6 Å². The fraction of sp³-hybridized carbons (Fsp3) is 0.200. The van der Waals surface area contributed by atoms with E-state index < -0.39 is 17.6 Å². The van der Waals surface area contributed by atoms with E-state index in [0.717, 1.165) is 28.9 Å². The molecule has 0 radical (unpaired) electrons. The molecule has 0 spiro atoms. The van der Waals surface area contributed by atoms with Gasteiger partial charge in [-0.2, -0.15) is 13.2 Å². The quantitative estimate of drug-likeness (QED) is 0.483. The van der Waals surface area contributed by atoms with Crippen LogP contribution < -0.4 is 10.2 Å². The Morgan fingerprint density at radius 1 is 1.03 bits per heavy atom. The molecular weight excluding hydrogens is 449 g/mol. The first-order valence-corrected chi connectivity index (χ1v) is 11.3. The predicted octanol–water partition coefficient (Wildman–Crippen LogP) is 6.35. The number of amides is 2. The molecule has 8 heteroatoms. The van der Waals surface area contributed by atoms with Crippen molar-refractivity contribution in [2.24, 2.45) is 0 Å². The molecule has 170 valence electrons. The molecule has 3 aromatic carbocycles. The van der Waals surface area contributed by atoms with Crippen molar-refractivity contribution in [3.63, 3.8) is 0 Å². The molecule has 1 N–H and O–H groups in total. The molecule has 0 bridgehead atoms. The van der Waals surface area contributed by atoms with Crippen LogP contribution in [0.15, 0.2) is 66.7 Å². The van der Waals surface area contributed by atoms with E-state index in [9.17, 15) is 22.8 Å². The van der Waals surface area contributed by atoms with Gasteiger partial charge in [-0.15, -0.1) is 11.8 Å². The van der Waals surface area contributed by atoms with E-state index in [4.69, 9.17) is 0 Å². The number of anilines is 2. The summed E-state index contributed by atoms with van der Waals surface area (Å²) in [7, 11) is 0. The molecule has 1 fully saturated rings. The lowest BCUT2D eigenvalue weighted by molar-refractivity contribution is -0.137. The zero-order valence-corrected chi connectivity index (χ0v) is 18.8. The van der Waals surface area contributed by atoms with Crippen molar-refractivity contribution in [3.8, 4) is 0 Å². The summed E-state index contributed by atoms with van der Waals surface area (Å²) in [4.78, 5) is 27.3. The van der Waals surface area contributed by atoms with Gasteiger partial charge >= 0.3 is 6.18 Å². The maximum atomic E-state index is 13.1. The highest BCUT2D eigenvalue weighted by atomic mass is 32.2. The van der Waals surface area contributed by atoms with Crippen molar-refractivity contribution in [2.75, 3.05) is 16.0 Å². The highest BCUT2D eigenvalue weighted by Crippen LogP contribution is 2.45. The number of nitrogens with zero attached hydrogens (tertiary/aromatic N) is 1. The van der Waals surface area contributed by atoms with Gasteiger partial charge in [0.2, 0.25) is 5.91 Å². The fourth-order valence-electron chi connectivity index (χ4n) is 3.85. The van der Waals surface area contributed by atoms with Crippen molar-refractivity contribution in [3.05, 3.63) is 94.5 Å².